The third-order valence-corrected chi connectivity index (χ3v) is 3.87. The van der Waals surface area contributed by atoms with Gasteiger partial charge in [0, 0.05) is 19.3 Å². The van der Waals surface area contributed by atoms with E-state index in [-0.39, 0.29) is 5.91 Å². The third-order valence-electron chi connectivity index (χ3n) is 3.87. The summed E-state index contributed by atoms with van der Waals surface area (Å²) in [5.74, 6) is 1.05. The van der Waals surface area contributed by atoms with E-state index in [1.807, 2.05) is 30.0 Å². The zero-order valence-electron chi connectivity index (χ0n) is 13.4. The predicted molar refractivity (Wildman–Crippen MR) is 88.2 cm³/mol. The van der Waals surface area contributed by atoms with Gasteiger partial charge in [-0.2, -0.15) is 0 Å². The summed E-state index contributed by atoms with van der Waals surface area (Å²) in [7, 11) is 1.62. The van der Waals surface area contributed by atoms with Gasteiger partial charge in [0.25, 0.3) is 5.91 Å². The number of anilines is 2. The van der Waals surface area contributed by atoms with Gasteiger partial charge in [0.05, 0.1) is 12.8 Å². The van der Waals surface area contributed by atoms with Gasteiger partial charge in [-0.05, 0) is 43.5 Å². The Morgan fingerprint density at radius 3 is 2.78 bits per heavy atom. The van der Waals surface area contributed by atoms with Gasteiger partial charge in [0.15, 0.2) is 0 Å². The monoisotopic (exact) mass is 312 g/mol. The number of nitrogens with one attached hydrogen (secondary N) is 1. The summed E-state index contributed by atoms with van der Waals surface area (Å²) in [6.45, 7) is 3.60. The SMILES string of the molecule is COc1ccc(C)cc1Nc1nccc(C(=O)N2CCCC2)n1. The average Bonchev–Trinajstić information content (AvgIpc) is 3.09. The Balaban J connectivity index is 1.83. The van der Waals surface area contributed by atoms with Crippen LogP contribution in [0.15, 0.2) is 30.5 Å². The summed E-state index contributed by atoms with van der Waals surface area (Å²) in [6.07, 6.45) is 3.71. The summed E-state index contributed by atoms with van der Waals surface area (Å²) in [4.78, 5) is 22.8. The van der Waals surface area contributed by atoms with E-state index in [2.05, 4.69) is 15.3 Å². The maximum absolute atomic E-state index is 12.4. The molecule has 3 rings (SSSR count). The van der Waals surface area contributed by atoms with Crippen LogP contribution in [0, 0.1) is 6.92 Å². The van der Waals surface area contributed by atoms with E-state index in [1.54, 1.807) is 19.4 Å². The summed E-state index contributed by atoms with van der Waals surface area (Å²) in [5, 5.41) is 3.13. The lowest BCUT2D eigenvalue weighted by Gasteiger charge is -2.15. The number of carbonyl (C=O) groups excluding carboxylic acids is 1. The van der Waals surface area contributed by atoms with Crippen molar-refractivity contribution in [1.82, 2.24) is 14.9 Å². The van der Waals surface area contributed by atoms with E-state index in [0.717, 1.165) is 37.2 Å². The fraction of sp³-hybridized carbons (Fsp3) is 0.353. The molecule has 120 valence electrons. The van der Waals surface area contributed by atoms with Crippen LogP contribution in [0.1, 0.15) is 28.9 Å². The molecular formula is C17H20N4O2. The zero-order valence-corrected chi connectivity index (χ0v) is 13.4. The number of nitrogens with zero attached hydrogens (tertiary/aromatic N) is 3. The Hall–Kier alpha value is -2.63. The Morgan fingerprint density at radius 1 is 1.26 bits per heavy atom. The van der Waals surface area contributed by atoms with Gasteiger partial charge in [-0.15, -0.1) is 0 Å². The van der Waals surface area contributed by atoms with Crippen LogP contribution in [0.2, 0.25) is 0 Å². The number of ether oxygens (including phenoxy) is 1. The van der Waals surface area contributed by atoms with E-state index in [4.69, 9.17) is 4.74 Å². The van der Waals surface area contributed by atoms with Crippen molar-refractivity contribution in [2.75, 3.05) is 25.5 Å². The molecule has 0 radical (unpaired) electrons. The minimum absolute atomic E-state index is 0.0378. The van der Waals surface area contributed by atoms with Crippen LogP contribution in [0.5, 0.6) is 5.75 Å². The Morgan fingerprint density at radius 2 is 2.04 bits per heavy atom. The molecule has 6 heteroatoms. The summed E-state index contributed by atoms with van der Waals surface area (Å²) < 4.78 is 5.34. The van der Waals surface area contributed by atoms with Crippen LogP contribution < -0.4 is 10.1 Å². The topological polar surface area (TPSA) is 67.3 Å². The number of rotatable bonds is 4. The fourth-order valence-corrected chi connectivity index (χ4v) is 2.66. The second kappa shape index (κ2) is 6.64. The number of likely N-dealkylation sites (tertiary alicyclic amines) is 1. The first-order valence-corrected chi connectivity index (χ1v) is 7.71. The lowest BCUT2D eigenvalue weighted by Crippen LogP contribution is -2.28. The first-order chi connectivity index (χ1) is 11.2. The van der Waals surface area contributed by atoms with Gasteiger partial charge >= 0.3 is 0 Å². The van der Waals surface area contributed by atoms with Gasteiger partial charge in [-0.25, -0.2) is 9.97 Å². The quantitative estimate of drug-likeness (QED) is 0.940. The predicted octanol–water partition coefficient (Wildman–Crippen LogP) is 2.77. The van der Waals surface area contributed by atoms with E-state index in [1.165, 1.54) is 0 Å². The van der Waals surface area contributed by atoms with Crippen LogP contribution in [-0.2, 0) is 0 Å². The highest BCUT2D eigenvalue weighted by atomic mass is 16.5. The van der Waals surface area contributed by atoms with Gasteiger partial charge in [0.1, 0.15) is 11.4 Å². The Bertz CT molecular complexity index is 711. The van der Waals surface area contributed by atoms with Crippen molar-refractivity contribution in [3.8, 4) is 5.75 Å². The average molecular weight is 312 g/mol. The van der Waals surface area contributed by atoms with Crippen LogP contribution in [0.25, 0.3) is 0 Å². The molecule has 0 aliphatic carbocycles. The van der Waals surface area contributed by atoms with Crippen LogP contribution in [0.3, 0.4) is 0 Å². The van der Waals surface area contributed by atoms with Crippen molar-refractivity contribution >= 4 is 17.5 Å². The van der Waals surface area contributed by atoms with E-state index in [0.29, 0.717) is 17.4 Å². The number of methoxy groups -OCH3 is 1. The molecule has 0 atom stereocenters. The van der Waals surface area contributed by atoms with Crippen molar-refractivity contribution in [2.45, 2.75) is 19.8 Å². The molecule has 0 saturated carbocycles. The molecule has 1 saturated heterocycles. The second-order valence-electron chi connectivity index (χ2n) is 5.59. The number of hydrogen-bond donors (Lipinski definition) is 1. The lowest BCUT2D eigenvalue weighted by molar-refractivity contribution is 0.0787. The minimum Gasteiger partial charge on any atom is -0.495 e. The molecular weight excluding hydrogens is 292 g/mol. The number of aryl methyl sites for hydroxylation is 1. The maximum Gasteiger partial charge on any atom is 0.272 e. The molecule has 1 aromatic heterocycles. The molecule has 1 N–H and O–H groups in total. The van der Waals surface area contributed by atoms with Gasteiger partial charge in [-0.3, -0.25) is 4.79 Å². The van der Waals surface area contributed by atoms with E-state index >= 15 is 0 Å². The van der Waals surface area contributed by atoms with E-state index in [9.17, 15) is 4.79 Å². The summed E-state index contributed by atoms with van der Waals surface area (Å²) in [6, 6.07) is 7.46. The number of carbonyl (C=O) groups is 1. The molecule has 2 heterocycles. The standard InChI is InChI=1S/C17H20N4O2/c1-12-5-6-15(23-2)14(11-12)20-17-18-8-7-13(19-17)16(22)21-9-3-4-10-21/h5-8,11H,3-4,9-10H2,1-2H3,(H,18,19,20). The Labute approximate surface area is 135 Å². The molecule has 1 fully saturated rings. The zero-order chi connectivity index (χ0) is 16.2. The van der Waals surface area contributed by atoms with Crippen molar-refractivity contribution < 1.29 is 9.53 Å². The highest BCUT2D eigenvalue weighted by Crippen LogP contribution is 2.27. The van der Waals surface area contributed by atoms with Gasteiger partial charge in [-0.1, -0.05) is 6.07 Å². The van der Waals surface area contributed by atoms with Crippen LogP contribution in [0.4, 0.5) is 11.6 Å². The fourth-order valence-electron chi connectivity index (χ4n) is 2.66. The number of hydrogen-bond acceptors (Lipinski definition) is 5. The molecule has 23 heavy (non-hydrogen) atoms. The normalized spacial score (nSPS) is 13.9. The molecule has 1 aliphatic heterocycles. The molecule has 2 aromatic rings. The Kier molecular flexibility index (Phi) is 4.41. The number of amides is 1. The number of aromatic nitrogens is 2. The largest absolute Gasteiger partial charge is 0.495 e. The van der Waals surface area contributed by atoms with Gasteiger partial charge in [0.2, 0.25) is 5.95 Å². The first-order valence-electron chi connectivity index (χ1n) is 7.71. The van der Waals surface area contributed by atoms with Crippen molar-refractivity contribution in [3.05, 3.63) is 41.7 Å². The maximum atomic E-state index is 12.4. The second-order valence-corrected chi connectivity index (χ2v) is 5.59. The third kappa shape index (κ3) is 3.41. The van der Waals surface area contributed by atoms with Gasteiger partial charge < -0.3 is 15.0 Å². The van der Waals surface area contributed by atoms with Crippen LogP contribution >= 0.6 is 0 Å². The molecule has 0 bridgehead atoms. The number of benzene rings is 1. The molecule has 1 amide bonds. The smallest absolute Gasteiger partial charge is 0.272 e. The summed E-state index contributed by atoms with van der Waals surface area (Å²) in [5.41, 5.74) is 2.28. The molecule has 1 aliphatic rings. The lowest BCUT2D eigenvalue weighted by atomic mass is 10.2. The molecule has 1 aromatic carbocycles. The van der Waals surface area contributed by atoms with Crippen molar-refractivity contribution in [3.63, 3.8) is 0 Å². The molecule has 0 spiro atoms. The summed E-state index contributed by atoms with van der Waals surface area (Å²) >= 11 is 0. The van der Waals surface area contributed by atoms with Crippen molar-refractivity contribution in [1.29, 1.82) is 0 Å². The van der Waals surface area contributed by atoms with Crippen LogP contribution in [-0.4, -0.2) is 41.0 Å². The molecule has 0 unspecified atom stereocenters. The highest BCUT2D eigenvalue weighted by Gasteiger charge is 2.21. The highest BCUT2D eigenvalue weighted by molar-refractivity contribution is 5.92. The molecule has 6 nitrogen and oxygen atoms in total. The first kappa shape index (κ1) is 15.3. The van der Waals surface area contributed by atoms with Crippen molar-refractivity contribution in [2.24, 2.45) is 0 Å². The van der Waals surface area contributed by atoms with E-state index < -0.39 is 0 Å². The minimum atomic E-state index is -0.0378.